The van der Waals surface area contributed by atoms with Gasteiger partial charge >= 0.3 is 0 Å². The molecule has 4 fully saturated rings. The summed E-state index contributed by atoms with van der Waals surface area (Å²) in [6.07, 6.45) is 17.3. The number of nitrogens with one attached hydrogen (secondary N) is 2. The first-order valence-electron chi connectivity index (χ1n) is 12.3. The molecule has 0 heterocycles. The van der Waals surface area contributed by atoms with Crippen LogP contribution < -0.4 is 10.6 Å². The standard InChI is InChI=1S/C24H40N2O2/c27-23(21-15-17-7-9-19(21)13-17)25-11-5-3-1-2-4-6-12-26-24(28)22-16-18-8-10-20(22)14-18/h17-22H,1-16H2,(H,25,27)(H,26,28)/t17-,18-,19-,20-,21-,22+/m0/s1. The average Bonchev–Trinajstić information content (AvgIpc) is 3.49. The summed E-state index contributed by atoms with van der Waals surface area (Å²) in [4.78, 5) is 24.6. The van der Waals surface area contributed by atoms with Crippen molar-refractivity contribution in [3.8, 4) is 0 Å². The SMILES string of the molecule is O=C(NCCCCCCCCNC(=O)[C@@H]1C[C@H]2CC[C@H]1C2)[C@H]1C[C@H]2CC[C@H]1C2. The van der Waals surface area contributed by atoms with Gasteiger partial charge in [-0.05, 0) is 75.0 Å². The molecule has 4 nitrogen and oxygen atoms in total. The van der Waals surface area contributed by atoms with Gasteiger partial charge in [0.2, 0.25) is 11.8 Å². The number of hydrogen-bond acceptors (Lipinski definition) is 2. The molecule has 0 aromatic rings. The first-order valence-corrected chi connectivity index (χ1v) is 12.3. The van der Waals surface area contributed by atoms with Crippen molar-refractivity contribution in [1.82, 2.24) is 10.6 Å². The number of hydrogen-bond donors (Lipinski definition) is 2. The Kier molecular flexibility index (Phi) is 6.95. The molecule has 0 saturated heterocycles. The fourth-order valence-electron chi connectivity index (χ4n) is 6.77. The lowest BCUT2D eigenvalue weighted by atomic mass is 9.88. The Morgan fingerprint density at radius 3 is 1.36 bits per heavy atom. The Morgan fingerprint density at radius 2 is 1.00 bits per heavy atom. The molecule has 4 bridgehead atoms. The summed E-state index contributed by atoms with van der Waals surface area (Å²) in [5.41, 5.74) is 0. The smallest absolute Gasteiger partial charge is 0.223 e. The summed E-state index contributed by atoms with van der Waals surface area (Å²) < 4.78 is 0. The Labute approximate surface area is 171 Å². The minimum absolute atomic E-state index is 0.327. The maximum atomic E-state index is 12.3. The van der Waals surface area contributed by atoms with Gasteiger partial charge in [-0.2, -0.15) is 0 Å². The highest BCUT2D eigenvalue weighted by atomic mass is 16.2. The molecule has 2 N–H and O–H groups in total. The number of carbonyl (C=O) groups is 2. The summed E-state index contributed by atoms with van der Waals surface area (Å²) in [7, 11) is 0. The maximum absolute atomic E-state index is 12.3. The Balaban J connectivity index is 0.946. The van der Waals surface area contributed by atoms with Gasteiger partial charge in [-0.25, -0.2) is 0 Å². The predicted octanol–water partition coefficient (Wildman–Crippen LogP) is 4.43. The van der Waals surface area contributed by atoms with E-state index >= 15 is 0 Å². The molecule has 0 aromatic carbocycles. The Bertz CT molecular complexity index is 501. The van der Waals surface area contributed by atoms with Crippen molar-refractivity contribution in [2.24, 2.45) is 35.5 Å². The van der Waals surface area contributed by atoms with E-state index in [9.17, 15) is 9.59 Å². The van der Waals surface area contributed by atoms with Crippen molar-refractivity contribution in [3.05, 3.63) is 0 Å². The lowest BCUT2D eigenvalue weighted by Gasteiger charge is -2.20. The van der Waals surface area contributed by atoms with Crippen LogP contribution in [-0.2, 0) is 9.59 Å². The second kappa shape index (κ2) is 9.63. The van der Waals surface area contributed by atoms with Gasteiger partial charge in [0.15, 0.2) is 0 Å². The molecule has 4 aliphatic rings. The Morgan fingerprint density at radius 1 is 0.571 bits per heavy atom. The van der Waals surface area contributed by atoms with Crippen LogP contribution in [-0.4, -0.2) is 24.9 Å². The monoisotopic (exact) mass is 388 g/mol. The van der Waals surface area contributed by atoms with Crippen LogP contribution in [0.4, 0.5) is 0 Å². The van der Waals surface area contributed by atoms with E-state index in [1.807, 2.05) is 0 Å². The molecule has 0 aliphatic heterocycles. The van der Waals surface area contributed by atoms with Gasteiger partial charge < -0.3 is 10.6 Å². The summed E-state index contributed by atoms with van der Waals surface area (Å²) in [6.45, 7) is 1.71. The molecular weight excluding hydrogens is 348 g/mol. The van der Waals surface area contributed by atoms with E-state index in [1.54, 1.807) is 0 Å². The van der Waals surface area contributed by atoms with Crippen LogP contribution in [0.1, 0.15) is 89.9 Å². The van der Waals surface area contributed by atoms with E-state index in [4.69, 9.17) is 0 Å². The highest BCUT2D eigenvalue weighted by Gasteiger charge is 2.43. The third kappa shape index (κ3) is 4.91. The van der Waals surface area contributed by atoms with Crippen LogP contribution in [0.15, 0.2) is 0 Å². The average molecular weight is 389 g/mol. The van der Waals surface area contributed by atoms with Crippen LogP contribution in [0.5, 0.6) is 0 Å². The third-order valence-corrected chi connectivity index (χ3v) is 8.35. The van der Waals surface area contributed by atoms with Crippen molar-refractivity contribution >= 4 is 11.8 Å². The van der Waals surface area contributed by atoms with Crippen molar-refractivity contribution < 1.29 is 9.59 Å². The normalized spacial score (nSPS) is 35.4. The van der Waals surface area contributed by atoms with Gasteiger partial charge in [0, 0.05) is 24.9 Å². The zero-order valence-electron chi connectivity index (χ0n) is 17.6. The fraction of sp³-hybridized carbons (Fsp3) is 0.917. The molecule has 0 radical (unpaired) electrons. The summed E-state index contributed by atoms with van der Waals surface area (Å²) in [5, 5.41) is 6.37. The topological polar surface area (TPSA) is 58.2 Å². The van der Waals surface area contributed by atoms with Gasteiger partial charge in [0.1, 0.15) is 0 Å². The Hall–Kier alpha value is -1.06. The molecule has 28 heavy (non-hydrogen) atoms. The van der Waals surface area contributed by atoms with Crippen LogP contribution >= 0.6 is 0 Å². The second-order valence-corrected chi connectivity index (χ2v) is 10.3. The van der Waals surface area contributed by atoms with Crippen LogP contribution in [0.25, 0.3) is 0 Å². The molecule has 4 heteroatoms. The van der Waals surface area contributed by atoms with Gasteiger partial charge in [-0.1, -0.05) is 38.5 Å². The highest BCUT2D eigenvalue weighted by molar-refractivity contribution is 5.79. The first-order chi connectivity index (χ1) is 13.7. The molecule has 0 aromatic heterocycles. The fourth-order valence-corrected chi connectivity index (χ4v) is 6.77. The molecule has 158 valence electrons. The van der Waals surface area contributed by atoms with Crippen molar-refractivity contribution in [3.63, 3.8) is 0 Å². The van der Waals surface area contributed by atoms with Gasteiger partial charge in [-0.3, -0.25) is 9.59 Å². The zero-order valence-corrected chi connectivity index (χ0v) is 17.6. The summed E-state index contributed by atoms with van der Waals surface area (Å²) in [5.74, 6) is 4.39. The van der Waals surface area contributed by atoms with E-state index in [2.05, 4.69) is 10.6 Å². The quantitative estimate of drug-likeness (QED) is 0.514. The van der Waals surface area contributed by atoms with E-state index in [-0.39, 0.29) is 0 Å². The van der Waals surface area contributed by atoms with E-state index in [0.717, 1.165) is 50.6 Å². The molecule has 6 atom stereocenters. The minimum atomic E-state index is 0.327. The number of rotatable bonds is 11. The summed E-state index contributed by atoms with van der Waals surface area (Å²) >= 11 is 0. The van der Waals surface area contributed by atoms with E-state index in [0.29, 0.717) is 35.5 Å². The molecule has 0 spiro atoms. The number of unbranched alkanes of at least 4 members (excludes halogenated alkanes) is 5. The van der Waals surface area contributed by atoms with E-state index in [1.165, 1.54) is 64.2 Å². The van der Waals surface area contributed by atoms with Crippen LogP contribution in [0.3, 0.4) is 0 Å². The minimum Gasteiger partial charge on any atom is -0.356 e. The molecule has 4 rings (SSSR count). The molecule has 4 saturated carbocycles. The summed E-state index contributed by atoms with van der Waals surface area (Å²) in [6, 6.07) is 0. The molecular formula is C24H40N2O2. The molecule has 4 aliphatic carbocycles. The van der Waals surface area contributed by atoms with Gasteiger partial charge in [-0.15, -0.1) is 0 Å². The van der Waals surface area contributed by atoms with Crippen molar-refractivity contribution in [2.75, 3.05) is 13.1 Å². The highest BCUT2D eigenvalue weighted by Crippen LogP contribution is 2.49. The predicted molar refractivity (Wildman–Crippen MR) is 112 cm³/mol. The van der Waals surface area contributed by atoms with Crippen molar-refractivity contribution in [1.29, 1.82) is 0 Å². The number of amides is 2. The lowest BCUT2D eigenvalue weighted by molar-refractivity contribution is -0.127. The lowest BCUT2D eigenvalue weighted by Crippen LogP contribution is -2.34. The second-order valence-electron chi connectivity index (χ2n) is 10.3. The third-order valence-electron chi connectivity index (χ3n) is 8.35. The molecule has 2 amide bonds. The van der Waals surface area contributed by atoms with E-state index < -0.39 is 0 Å². The van der Waals surface area contributed by atoms with Gasteiger partial charge in [0.05, 0.1) is 0 Å². The first kappa shape index (κ1) is 20.2. The van der Waals surface area contributed by atoms with Crippen molar-refractivity contribution in [2.45, 2.75) is 89.9 Å². The number of fused-ring (bicyclic) bond motifs is 4. The zero-order chi connectivity index (χ0) is 19.3. The maximum Gasteiger partial charge on any atom is 0.223 e. The largest absolute Gasteiger partial charge is 0.356 e. The van der Waals surface area contributed by atoms with Crippen LogP contribution in [0, 0.1) is 35.5 Å². The number of carbonyl (C=O) groups excluding carboxylic acids is 2. The molecule has 0 unspecified atom stereocenters. The van der Waals surface area contributed by atoms with Crippen LogP contribution in [0.2, 0.25) is 0 Å². The van der Waals surface area contributed by atoms with Gasteiger partial charge in [0.25, 0.3) is 0 Å².